The van der Waals surface area contributed by atoms with Crippen LogP contribution < -0.4 is 0 Å². The topological polar surface area (TPSA) is 49.4 Å². The van der Waals surface area contributed by atoms with Gasteiger partial charge in [0.05, 0.1) is 18.0 Å². The molecule has 74 valence electrons. The summed E-state index contributed by atoms with van der Waals surface area (Å²) in [5, 5.41) is 0. The van der Waals surface area contributed by atoms with Crippen molar-refractivity contribution >= 4 is 59.2 Å². The first-order valence-corrected chi connectivity index (χ1v) is 6.59. The Balaban J connectivity index is 3.17. The Bertz CT molecular complexity index is 147. The SMILES string of the molecule is O=S([O-])OCCCCC(Br)(Br)Br. The molecule has 0 aromatic rings. The minimum atomic E-state index is -2.38. The molecule has 0 aliphatic rings. The molecule has 0 aliphatic carbocycles. The molecule has 12 heavy (non-hydrogen) atoms. The average Bonchev–Trinajstić information content (AvgIpc) is 1.83. The maximum Gasteiger partial charge on any atom is 0.135 e. The minimum absolute atomic E-state index is 0.233. The van der Waals surface area contributed by atoms with E-state index in [1.165, 1.54) is 0 Å². The zero-order chi connectivity index (χ0) is 9.61. The highest BCUT2D eigenvalue weighted by Crippen LogP contribution is 2.38. The van der Waals surface area contributed by atoms with Crippen LogP contribution in [0.15, 0.2) is 0 Å². The van der Waals surface area contributed by atoms with Crippen LogP contribution in [0.4, 0.5) is 0 Å². The molecule has 0 fully saturated rings. The molecule has 0 N–H and O–H groups in total. The zero-order valence-electron chi connectivity index (χ0n) is 6.10. The number of unbranched alkanes of at least 4 members (excludes halogenated alkanes) is 1. The molecule has 1 unspecified atom stereocenters. The van der Waals surface area contributed by atoms with Gasteiger partial charge in [0.15, 0.2) is 0 Å². The van der Waals surface area contributed by atoms with E-state index in [2.05, 4.69) is 52.0 Å². The van der Waals surface area contributed by atoms with Crippen LogP contribution in [0, 0.1) is 0 Å². The van der Waals surface area contributed by atoms with Crippen LogP contribution in [0.2, 0.25) is 0 Å². The monoisotopic (exact) mass is 385 g/mol. The fourth-order valence-corrected chi connectivity index (χ4v) is 1.65. The summed E-state index contributed by atoms with van der Waals surface area (Å²) in [4.78, 5) is 0. The molecule has 0 aliphatic heterocycles. The lowest BCUT2D eigenvalue weighted by Crippen LogP contribution is -2.02. The molecular weight excluding hydrogens is 380 g/mol. The molecule has 0 radical (unpaired) electrons. The third kappa shape index (κ3) is 11.5. The van der Waals surface area contributed by atoms with Crippen molar-refractivity contribution in [2.75, 3.05) is 6.61 Å². The van der Waals surface area contributed by atoms with Gasteiger partial charge >= 0.3 is 0 Å². The Morgan fingerprint density at radius 2 is 1.92 bits per heavy atom. The summed E-state index contributed by atoms with van der Waals surface area (Å²) in [5.74, 6) is 0. The highest BCUT2D eigenvalue weighted by Gasteiger charge is 2.15. The summed E-state index contributed by atoms with van der Waals surface area (Å²) in [6.45, 7) is 0.249. The first-order valence-electron chi connectivity index (χ1n) is 3.21. The highest BCUT2D eigenvalue weighted by molar-refractivity contribution is 9.39. The van der Waals surface area contributed by atoms with Crippen LogP contribution in [0.25, 0.3) is 0 Å². The van der Waals surface area contributed by atoms with E-state index in [1.807, 2.05) is 0 Å². The molecule has 0 amide bonds. The highest BCUT2D eigenvalue weighted by atomic mass is 80.0. The van der Waals surface area contributed by atoms with Crippen LogP contribution in [-0.2, 0) is 15.5 Å². The molecule has 0 rings (SSSR count). The maximum atomic E-state index is 9.91. The van der Waals surface area contributed by atoms with Crippen LogP contribution >= 0.6 is 47.8 Å². The standard InChI is InChI=1S/C5H9Br3O3S/c6-5(7,8)3-1-2-4-11-12(9)10/h1-4H2,(H,9,10)/p-1. The fourth-order valence-electron chi connectivity index (χ4n) is 0.554. The molecule has 0 saturated heterocycles. The van der Waals surface area contributed by atoms with Crippen LogP contribution in [0.3, 0.4) is 0 Å². The number of hydrogen-bond donors (Lipinski definition) is 0. The molecule has 0 heterocycles. The first-order chi connectivity index (χ1) is 5.42. The predicted octanol–water partition coefficient (Wildman–Crippen LogP) is 2.81. The quantitative estimate of drug-likeness (QED) is 0.414. The van der Waals surface area contributed by atoms with Crippen LogP contribution in [-0.4, -0.2) is 17.5 Å². The van der Waals surface area contributed by atoms with Gasteiger partial charge in [0.2, 0.25) is 0 Å². The number of hydrogen-bond acceptors (Lipinski definition) is 3. The molecule has 0 aromatic heterocycles. The summed E-state index contributed by atoms with van der Waals surface area (Å²) < 4.78 is 23.9. The van der Waals surface area contributed by atoms with Gasteiger partial charge in [-0.2, -0.15) is 0 Å². The molecule has 0 aromatic carbocycles. The normalized spacial score (nSPS) is 14.7. The Hall–Kier alpha value is 1.51. The second-order valence-corrected chi connectivity index (χ2v) is 10.00. The maximum absolute atomic E-state index is 9.91. The predicted molar refractivity (Wildman–Crippen MR) is 58.2 cm³/mol. The lowest BCUT2D eigenvalue weighted by Gasteiger charge is -2.11. The summed E-state index contributed by atoms with van der Waals surface area (Å²) in [5.41, 5.74) is 0. The summed E-state index contributed by atoms with van der Waals surface area (Å²) >= 11 is 7.62. The number of alkyl halides is 3. The minimum Gasteiger partial charge on any atom is -0.750 e. The van der Waals surface area contributed by atoms with E-state index in [0.29, 0.717) is 0 Å². The van der Waals surface area contributed by atoms with Gasteiger partial charge in [0, 0.05) is 0 Å². The van der Waals surface area contributed by atoms with Gasteiger partial charge in [-0.25, -0.2) is 4.21 Å². The van der Waals surface area contributed by atoms with Crippen molar-refractivity contribution in [3.05, 3.63) is 0 Å². The van der Waals surface area contributed by atoms with E-state index in [-0.39, 0.29) is 8.75 Å². The van der Waals surface area contributed by atoms with Crippen molar-refractivity contribution in [2.24, 2.45) is 0 Å². The largest absolute Gasteiger partial charge is 0.750 e. The Morgan fingerprint density at radius 1 is 1.33 bits per heavy atom. The van der Waals surface area contributed by atoms with Crippen molar-refractivity contribution < 1.29 is 12.9 Å². The van der Waals surface area contributed by atoms with Crippen molar-refractivity contribution in [1.82, 2.24) is 0 Å². The van der Waals surface area contributed by atoms with Crippen molar-refractivity contribution in [3.8, 4) is 0 Å². The van der Waals surface area contributed by atoms with Gasteiger partial charge < -0.3 is 8.74 Å². The second-order valence-electron chi connectivity index (χ2n) is 2.10. The fraction of sp³-hybridized carbons (Fsp3) is 1.00. The van der Waals surface area contributed by atoms with Gasteiger partial charge in [-0.1, -0.05) is 47.8 Å². The molecule has 7 heteroatoms. The van der Waals surface area contributed by atoms with Gasteiger partial charge in [0.25, 0.3) is 0 Å². The third-order valence-electron chi connectivity index (χ3n) is 1.03. The van der Waals surface area contributed by atoms with Gasteiger partial charge in [-0.05, 0) is 19.3 Å². The second kappa shape index (κ2) is 6.89. The molecule has 0 bridgehead atoms. The summed E-state index contributed by atoms with van der Waals surface area (Å²) in [7, 11) is 0. The molecule has 0 saturated carbocycles. The molecule has 1 atom stereocenters. The number of rotatable bonds is 5. The molecule has 0 spiro atoms. The smallest absolute Gasteiger partial charge is 0.135 e. The lowest BCUT2D eigenvalue weighted by atomic mass is 10.3. The molecular formula is C5H8Br3O3S-. The van der Waals surface area contributed by atoms with Gasteiger partial charge in [0.1, 0.15) is 2.14 Å². The van der Waals surface area contributed by atoms with E-state index in [0.717, 1.165) is 19.3 Å². The number of halogens is 3. The summed E-state index contributed by atoms with van der Waals surface area (Å²) in [6.07, 6.45) is 2.44. The van der Waals surface area contributed by atoms with Crippen LogP contribution in [0.5, 0.6) is 0 Å². The third-order valence-corrected chi connectivity index (χ3v) is 2.58. The van der Waals surface area contributed by atoms with Gasteiger partial charge in [-0.3, -0.25) is 0 Å². The summed E-state index contributed by atoms with van der Waals surface area (Å²) in [6, 6.07) is 0. The van der Waals surface area contributed by atoms with E-state index in [4.69, 9.17) is 0 Å². The van der Waals surface area contributed by atoms with Crippen LogP contribution in [0.1, 0.15) is 19.3 Å². The zero-order valence-corrected chi connectivity index (χ0v) is 11.7. The van der Waals surface area contributed by atoms with Crippen molar-refractivity contribution in [3.63, 3.8) is 0 Å². The van der Waals surface area contributed by atoms with E-state index in [9.17, 15) is 8.76 Å². The van der Waals surface area contributed by atoms with Crippen molar-refractivity contribution in [2.45, 2.75) is 21.4 Å². The molecule has 3 nitrogen and oxygen atoms in total. The van der Waals surface area contributed by atoms with E-state index in [1.54, 1.807) is 0 Å². The Kier molecular flexibility index (Phi) is 7.76. The van der Waals surface area contributed by atoms with E-state index >= 15 is 0 Å². The Labute approximate surface area is 99.5 Å². The van der Waals surface area contributed by atoms with Crippen molar-refractivity contribution in [1.29, 1.82) is 0 Å². The average molecular weight is 388 g/mol. The van der Waals surface area contributed by atoms with Gasteiger partial charge in [-0.15, -0.1) is 0 Å². The Morgan fingerprint density at radius 3 is 2.33 bits per heavy atom. The van der Waals surface area contributed by atoms with E-state index < -0.39 is 11.4 Å². The first kappa shape index (κ1) is 13.5. The lowest BCUT2D eigenvalue weighted by molar-refractivity contribution is 0.292.